The Morgan fingerprint density at radius 2 is 1.88 bits per heavy atom. The van der Waals surface area contributed by atoms with Crippen LogP contribution in [-0.2, 0) is 9.59 Å². The molecule has 1 atom stereocenters. The number of thiazole rings is 1. The number of methoxy groups -OCH3 is 1. The Kier molecular flexibility index (Phi) is 6.77. The first-order valence-corrected chi connectivity index (χ1v) is 13.7. The average Bonchev–Trinajstić information content (AvgIpc) is 3.52. The number of hydrogen-bond donors (Lipinski definition) is 1. The predicted octanol–water partition coefficient (Wildman–Crippen LogP) is 5.49. The molecule has 3 aromatic carbocycles. The number of ether oxygens (including phenoxy) is 4. The summed E-state index contributed by atoms with van der Waals surface area (Å²) < 4.78 is 23.2. The summed E-state index contributed by atoms with van der Waals surface area (Å²) in [4.78, 5) is 33.3. The molecule has 2 aliphatic heterocycles. The van der Waals surface area contributed by atoms with Crippen LogP contribution in [0, 0.1) is 0 Å². The number of aliphatic hydroxyl groups excluding tert-OH is 1. The minimum absolute atomic E-state index is 0.0499. The number of carbonyl (C=O) groups excluding carboxylic acids is 2. The summed E-state index contributed by atoms with van der Waals surface area (Å²) >= 11 is 1.26. The molecule has 1 amide bonds. The molecule has 0 saturated carbocycles. The average molecular weight is 559 g/mol. The van der Waals surface area contributed by atoms with Crippen LogP contribution in [0.1, 0.15) is 30.5 Å². The number of fused-ring (bicyclic) bond motifs is 2. The third kappa shape index (κ3) is 4.50. The van der Waals surface area contributed by atoms with Gasteiger partial charge in [-0.25, -0.2) is 4.98 Å². The van der Waals surface area contributed by atoms with Crippen molar-refractivity contribution in [3.05, 3.63) is 77.4 Å². The molecular formula is C30H26N2O7S. The van der Waals surface area contributed by atoms with Crippen LogP contribution < -0.4 is 23.8 Å². The predicted molar refractivity (Wildman–Crippen MR) is 151 cm³/mol. The molecule has 9 nitrogen and oxygen atoms in total. The molecule has 4 aromatic rings. The summed E-state index contributed by atoms with van der Waals surface area (Å²) in [5, 5.41) is 11.9. The first kappa shape index (κ1) is 25.7. The number of ketones is 1. The molecule has 40 heavy (non-hydrogen) atoms. The zero-order valence-corrected chi connectivity index (χ0v) is 22.7. The van der Waals surface area contributed by atoms with Gasteiger partial charge in [0.25, 0.3) is 5.78 Å². The van der Waals surface area contributed by atoms with E-state index in [1.807, 2.05) is 19.1 Å². The van der Waals surface area contributed by atoms with E-state index in [0.29, 0.717) is 64.6 Å². The van der Waals surface area contributed by atoms with Crippen molar-refractivity contribution in [1.82, 2.24) is 4.98 Å². The quantitative estimate of drug-likeness (QED) is 0.180. The van der Waals surface area contributed by atoms with E-state index in [0.717, 1.165) is 11.1 Å². The van der Waals surface area contributed by atoms with Gasteiger partial charge in [-0.05, 0) is 60.5 Å². The van der Waals surface area contributed by atoms with Crippen LogP contribution in [0.2, 0.25) is 0 Å². The first-order chi connectivity index (χ1) is 19.5. The van der Waals surface area contributed by atoms with E-state index in [2.05, 4.69) is 4.98 Å². The Balaban J connectivity index is 1.52. The van der Waals surface area contributed by atoms with E-state index in [1.165, 1.54) is 16.2 Å². The highest BCUT2D eigenvalue weighted by Gasteiger charge is 2.48. The number of anilines is 1. The highest BCUT2D eigenvalue weighted by atomic mass is 32.1. The summed E-state index contributed by atoms with van der Waals surface area (Å²) in [6.45, 7) is 3.32. The molecule has 1 N–H and O–H groups in total. The van der Waals surface area contributed by atoms with E-state index < -0.39 is 17.7 Å². The van der Waals surface area contributed by atoms with Crippen molar-refractivity contribution in [2.24, 2.45) is 0 Å². The van der Waals surface area contributed by atoms with Crippen LogP contribution in [0.15, 0.2) is 66.2 Å². The number of rotatable bonds is 7. The smallest absolute Gasteiger partial charge is 0.301 e. The molecule has 0 spiro atoms. The second kappa shape index (κ2) is 10.5. The molecule has 0 radical (unpaired) electrons. The zero-order chi connectivity index (χ0) is 27.8. The minimum atomic E-state index is -0.944. The molecular weight excluding hydrogens is 532 g/mol. The van der Waals surface area contributed by atoms with Gasteiger partial charge in [0, 0.05) is 5.56 Å². The number of Topliss-reactive ketones (excluding diaryl/α,β-unsaturated/α-hetero) is 1. The van der Waals surface area contributed by atoms with Gasteiger partial charge in [0.2, 0.25) is 0 Å². The SMILES string of the molecule is CCCOc1cccc([C@@H]2/C(=C(\O)c3ccc4c(c3)OCCO4)C(=O)C(=O)N2c2nc3ccc(OC)cc3s2)c1. The molecule has 10 heteroatoms. The Morgan fingerprint density at radius 3 is 2.67 bits per heavy atom. The third-order valence-electron chi connectivity index (χ3n) is 6.70. The van der Waals surface area contributed by atoms with Crippen LogP contribution in [0.25, 0.3) is 16.0 Å². The second-order valence-electron chi connectivity index (χ2n) is 9.28. The number of nitrogens with zero attached hydrogens (tertiary/aromatic N) is 2. The number of aromatic nitrogens is 1. The van der Waals surface area contributed by atoms with Crippen molar-refractivity contribution < 1.29 is 33.6 Å². The lowest BCUT2D eigenvalue weighted by Gasteiger charge is -2.23. The van der Waals surface area contributed by atoms with Crippen molar-refractivity contribution >= 4 is 44.1 Å². The van der Waals surface area contributed by atoms with Crippen LogP contribution >= 0.6 is 11.3 Å². The van der Waals surface area contributed by atoms with Crippen molar-refractivity contribution in [2.75, 3.05) is 31.8 Å². The minimum Gasteiger partial charge on any atom is -0.507 e. The maximum atomic E-state index is 13.6. The maximum absolute atomic E-state index is 13.6. The van der Waals surface area contributed by atoms with Gasteiger partial charge in [0.1, 0.15) is 30.5 Å². The summed E-state index contributed by atoms with van der Waals surface area (Å²) in [6.07, 6.45) is 0.821. The highest BCUT2D eigenvalue weighted by Crippen LogP contribution is 2.45. The third-order valence-corrected chi connectivity index (χ3v) is 7.71. The van der Waals surface area contributed by atoms with E-state index >= 15 is 0 Å². The van der Waals surface area contributed by atoms with E-state index in [9.17, 15) is 14.7 Å². The molecule has 3 heterocycles. The van der Waals surface area contributed by atoms with Gasteiger partial charge < -0.3 is 24.1 Å². The highest BCUT2D eigenvalue weighted by molar-refractivity contribution is 7.22. The van der Waals surface area contributed by atoms with E-state index in [4.69, 9.17) is 18.9 Å². The molecule has 204 valence electrons. The fourth-order valence-electron chi connectivity index (χ4n) is 4.81. The Hall–Kier alpha value is -4.57. The summed E-state index contributed by atoms with van der Waals surface area (Å²) in [6, 6.07) is 16.6. The number of aliphatic hydroxyl groups is 1. The van der Waals surface area contributed by atoms with Crippen LogP contribution in [-0.4, -0.2) is 48.7 Å². The van der Waals surface area contributed by atoms with E-state index in [1.54, 1.807) is 55.6 Å². The number of benzene rings is 3. The monoisotopic (exact) mass is 558 g/mol. The van der Waals surface area contributed by atoms with Gasteiger partial charge >= 0.3 is 5.91 Å². The normalized spacial score (nSPS) is 17.9. The van der Waals surface area contributed by atoms with Crippen LogP contribution in [0.3, 0.4) is 0 Å². The molecule has 0 aliphatic carbocycles. The van der Waals surface area contributed by atoms with Crippen molar-refractivity contribution in [1.29, 1.82) is 0 Å². The second-order valence-corrected chi connectivity index (χ2v) is 10.3. The zero-order valence-electron chi connectivity index (χ0n) is 21.9. The lowest BCUT2D eigenvalue weighted by Crippen LogP contribution is -2.29. The van der Waals surface area contributed by atoms with Crippen molar-refractivity contribution in [3.63, 3.8) is 0 Å². The van der Waals surface area contributed by atoms with Gasteiger partial charge in [-0.1, -0.05) is 30.4 Å². The van der Waals surface area contributed by atoms with Crippen LogP contribution in [0.5, 0.6) is 23.0 Å². The maximum Gasteiger partial charge on any atom is 0.301 e. The Morgan fingerprint density at radius 1 is 1.05 bits per heavy atom. The lowest BCUT2D eigenvalue weighted by atomic mass is 9.95. The molecule has 1 saturated heterocycles. The standard InChI is InChI=1S/C30H26N2O7S/c1-3-11-37-20-6-4-5-17(14-20)26-25(27(33)18-7-10-22-23(15-18)39-13-12-38-22)28(34)29(35)32(26)30-31-21-9-8-19(36-2)16-24(21)40-30/h4-10,14-16,26,33H,3,11-13H2,1-2H3/b27-25+/t26-/m1/s1. The summed E-state index contributed by atoms with van der Waals surface area (Å²) in [7, 11) is 1.58. The lowest BCUT2D eigenvalue weighted by molar-refractivity contribution is -0.132. The number of amides is 1. The molecule has 0 unspecified atom stereocenters. The largest absolute Gasteiger partial charge is 0.507 e. The number of carbonyl (C=O) groups is 2. The molecule has 1 aromatic heterocycles. The number of hydrogen-bond acceptors (Lipinski definition) is 9. The fraction of sp³-hybridized carbons (Fsp3) is 0.233. The molecule has 6 rings (SSSR count). The Bertz CT molecular complexity index is 1660. The van der Waals surface area contributed by atoms with Crippen LogP contribution in [0.4, 0.5) is 5.13 Å². The van der Waals surface area contributed by atoms with E-state index in [-0.39, 0.29) is 11.3 Å². The van der Waals surface area contributed by atoms with Gasteiger partial charge in [-0.3, -0.25) is 14.5 Å². The summed E-state index contributed by atoms with van der Waals surface area (Å²) in [5.41, 5.74) is 1.54. The van der Waals surface area contributed by atoms with Crippen molar-refractivity contribution in [3.8, 4) is 23.0 Å². The van der Waals surface area contributed by atoms with Gasteiger partial charge in [-0.2, -0.15) is 0 Å². The van der Waals surface area contributed by atoms with Gasteiger partial charge in [-0.15, -0.1) is 0 Å². The van der Waals surface area contributed by atoms with Crippen molar-refractivity contribution in [2.45, 2.75) is 19.4 Å². The Labute approximate surface area is 234 Å². The summed E-state index contributed by atoms with van der Waals surface area (Å²) in [5.74, 6) is 0.343. The molecule has 2 aliphatic rings. The molecule has 1 fully saturated rings. The topological polar surface area (TPSA) is 107 Å². The first-order valence-electron chi connectivity index (χ1n) is 12.9. The fourth-order valence-corrected chi connectivity index (χ4v) is 5.83. The molecule has 0 bridgehead atoms. The van der Waals surface area contributed by atoms with Gasteiger partial charge in [0.15, 0.2) is 16.6 Å². The van der Waals surface area contributed by atoms with Gasteiger partial charge in [0.05, 0.1) is 35.5 Å².